The van der Waals surface area contributed by atoms with Gasteiger partial charge in [-0.3, -0.25) is 9.78 Å². The van der Waals surface area contributed by atoms with Gasteiger partial charge in [0.25, 0.3) is 0 Å². The van der Waals surface area contributed by atoms with Crippen molar-refractivity contribution in [2.45, 2.75) is 65.4 Å². The number of hydrogen-bond acceptors (Lipinski definition) is 8. The van der Waals surface area contributed by atoms with Crippen LogP contribution in [0.2, 0.25) is 5.02 Å². The summed E-state index contributed by atoms with van der Waals surface area (Å²) >= 11 is 6.77. The zero-order chi connectivity index (χ0) is 38.7. The van der Waals surface area contributed by atoms with Crippen molar-refractivity contribution in [3.63, 3.8) is 0 Å². The molecule has 1 atom stereocenters. The summed E-state index contributed by atoms with van der Waals surface area (Å²) in [4.78, 5) is 17.7. The largest absolute Gasteiger partial charge is 0.488 e. The third kappa shape index (κ3) is 10.5. The molecule has 0 aliphatic carbocycles. The number of aliphatic hydroxyl groups is 1. The third-order valence-electron chi connectivity index (χ3n) is 10.2. The molecule has 0 radical (unpaired) electrons. The fourth-order valence-corrected chi connectivity index (χ4v) is 7.31. The second-order valence-corrected chi connectivity index (χ2v) is 14.5. The van der Waals surface area contributed by atoms with Crippen molar-refractivity contribution < 1.29 is 24.5 Å². The summed E-state index contributed by atoms with van der Waals surface area (Å²) in [5, 5.41) is 31.8. The second-order valence-electron chi connectivity index (χ2n) is 14.1. The van der Waals surface area contributed by atoms with Crippen molar-refractivity contribution in [1.29, 1.82) is 5.26 Å². The van der Waals surface area contributed by atoms with Crippen LogP contribution in [0.3, 0.4) is 0 Å². The van der Waals surface area contributed by atoms with Gasteiger partial charge in [-0.05, 0) is 103 Å². The molecular weight excluding hydrogens is 712 g/mol. The van der Waals surface area contributed by atoms with E-state index in [4.69, 9.17) is 26.2 Å². The number of aliphatic hydroxyl groups excluding tert-OH is 1. The van der Waals surface area contributed by atoms with Gasteiger partial charge in [0.05, 0.1) is 23.1 Å². The molecular formula is C45H47ClN4O5. The van der Waals surface area contributed by atoms with Crippen LogP contribution in [0.25, 0.3) is 22.3 Å². The normalized spacial score (nSPS) is 13.4. The Bertz CT molecular complexity index is 2140. The lowest BCUT2D eigenvalue weighted by Crippen LogP contribution is -2.28. The molecule has 10 heteroatoms. The Labute approximate surface area is 328 Å². The molecule has 2 heterocycles. The number of pyridine rings is 1. The van der Waals surface area contributed by atoms with Crippen LogP contribution in [-0.2, 0) is 31.0 Å². The smallest absolute Gasteiger partial charge is 0.306 e. The average molecular weight is 759 g/mol. The second kappa shape index (κ2) is 18.9. The summed E-state index contributed by atoms with van der Waals surface area (Å²) in [5.74, 6) is -0.161. The molecule has 1 aliphatic heterocycles. The number of rotatable bonds is 17. The fourth-order valence-electron chi connectivity index (χ4n) is 7.07. The van der Waals surface area contributed by atoms with E-state index in [1.54, 1.807) is 24.4 Å². The van der Waals surface area contributed by atoms with E-state index in [1.165, 1.54) is 59.9 Å². The molecule has 1 fully saturated rings. The molecule has 0 spiro atoms. The summed E-state index contributed by atoms with van der Waals surface area (Å²) < 4.78 is 12.6. The van der Waals surface area contributed by atoms with Gasteiger partial charge in [-0.15, -0.1) is 0 Å². The molecule has 0 amide bonds. The highest BCUT2D eigenvalue weighted by Gasteiger charge is 2.17. The summed E-state index contributed by atoms with van der Waals surface area (Å²) in [7, 11) is 0. The highest BCUT2D eigenvalue weighted by atomic mass is 35.5. The summed E-state index contributed by atoms with van der Waals surface area (Å²) in [6.07, 6.45) is 5.40. The molecule has 55 heavy (non-hydrogen) atoms. The first-order chi connectivity index (χ1) is 26.7. The Morgan fingerprint density at radius 1 is 0.891 bits per heavy atom. The maximum atomic E-state index is 11.0. The minimum atomic E-state index is -1.08. The van der Waals surface area contributed by atoms with Crippen LogP contribution in [0, 0.1) is 25.2 Å². The number of nitrogens with one attached hydrogen (secondary N) is 1. The van der Waals surface area contributed by atoms with E-state index in [1.807, 2.05) is 0 Å². The molecule has 6 rings (SSSR count). The molecule has 0 bridgehead atoms. The van der Waals surface area contributed by atoms with Crippen LogP contribution >= 0.6 is 11.6 Å². The highest BCUT2D eigenvalue weighted by Crippen LogP contribution is 2.37. The monoisotopic (exact) mass is 758 g/mol. The van der Waals surface area contributed by atoms with Gasteiger partial charge in [-0.2, -0.15) is 5.26 Å². The predicted octanol–water partition coefficient (Wildman–Crippen LogP) is 8.28. The van der Waals surface area contributed by atoms with E-state index in [0.717, 1.165) is 29.7 Å². The summed E-state index contributed by atoms with van der Waals surface area (Å²) in [6, 6.07) is 29.0. The van der Waals surface area contributed by atoms with Gasteiger partial charge in [0.2, 0.25) is 0 Å². The van der Waals surface area contributed by atoms with Gasteiger partial charge in [0, 0.05) is 49.2 Å². The summed E-state index contributed by atoms with van der Waals surface area (Å²) in [6.45, 7) is 8.59. The van der Waals surface area contributed by atoms with Gasteiger partial charge >= 0.3 is 5.97 Å². The SMILES string of the molecule is Cc1c(COc2cc(OCc3cncc(C#N)c3)c(CNC[C@@H](O)CC(=O)O)cc2Cl)cccc1-c1cccc(-c2ccc(CCN3CCCC3)cc2)c1C. The first kappa shape index (κ1) is 39.5. The average Bonchev–Trinajstić information content (AvgIpc) is 3.71. The Hall–Kier alpha value is -5.24. The number of ether oxygens (including phenoxy) is 2. The zero-order valence-corrected chi connectivity index (χ0v) is 32.1. The quantitative estimate of drug-likeness (QED) is 0.0859. The molecule has 0 saturated carbocycles. The number of likely N-dealkylation sites (tertiary alicyclic amines) is 1. The number of carbonyl (C=O) groups is 1. The number of benzene rings is 4. The minimum absolute atomic E-state index is 0.0684. The van der Waals surface area contributed by atoms with Gasteiger partial charge in [0.15, 0.2) is 0 Å². The number of aromatic nitrogens is 1. The number of nitrogens with zero attached hydrogens (tertiary/aromatic N) is 3. The van der Waals surface area contributed by atoms with Crippen LogP contribution in [0.4, 0.5) is 0 Å². The van der Waals surface area contributed by atoms with Crippen LogP contribution in [0.15, 0.2) is 91.3 Å². The molecule has 0 unspecified atom stereocenters. The Kier molecular flexibility index (Phi) is 13.5. The number of carboxylic acids is 1. The van der Waals surface area contributed by atoms with Gasteiger partial charge in [-0.25, -0.2) is 0 Å². The van der Waals surface area contributed by atoms with E-state index < -0.39 is 12.1 Å². The van der Waals surface area contributed by atoms with E-state index in [2.05, 4.69) is 95.8 Å². The minimum Gasteiger partial charge on any atom is -0.488 e. The van der Waals surface area contributed by atoms with E-state index in [9.17, 15) is 15.2 Å². The van der Waals surface area contributed by atoms with E-state index >= 15 is 0 Å². The summed E-state index contributed by atoms with van der Waals surface area (Å²) in [5.41, 5.74) is 11.3. The standard InChI is InChI=1S/C45H47ClN4O5/c1-30-36(7-5-9-40(30)41-10-6-8-39(31(41)2)35-13-11-32(12-14-35)15-18-50-16-3-4-17-50)29-55-44-22-43(54-28-34-19-33(23-47)24-48-25-34)37(20-42(44)46)26-49-27-38(51)21-45(52)53/h5-14,19-20,22,24-25,38,49,51H,3-4,15-18,21,26-29H2,1-2H3,(H,52,53)/t38-/m0/s1. The van der Waals surface area contributed by atoms with Crippen molar-refractivity contribution in [2.75, 3.05) is 26.2 Å². The number of nitriles is 1. The highest BCUT2D eigenvalue weighted by molar-refractivity contribution is 6.32. The fraction of sp³-hybridized carbons (Fsp3) is 0.311. The maximum Gasteiger partial charge on any atom is 0.306 e. The number of carboxylic acid groups (broad SMARTS) is 1. The van der Waals surface area contributed by atoms with Gasteiger partial charge < -0.3 is 29.9 Å². The van der Waals surface area contributed by atoms with Gasteiger partial charge in [0.1, 0.15) is 30.8 Å². The molecule has 1 aromatic heterocycles. The first-order valence-electron chi connectivity index (χ1n) is 18.7. The lowest BCUT2D eigenvalue weighted by atomic mass is 9.89. The van der Waals surface area contributed by atoms with E-state index in [-0.39, 0.29) is 32.7 Å². The Morgan fingerprint density at radius 3 is 2.35 bits per heavy atom. The molecule has 9 nitrogen and oxygen atoms in total. The molecule has 284 valence electrons. The lowest BCUT2D eigenvalue weighted by Gasteiger charge is -2.19. The van der Waals surface area contributed by atoms with Crippen molar-refractivity contribution in [3.05, 3.63) is 135 Å². The van der Waals surface area contributed by atoms with Crippen molar-refractivity contribution in [3.8, 4) is 39.8 Å². The maximum absolute atomic E-state index is 11.0. The van der Waals surface area contributed by atoms with Crippen molar-refractivity contribution >= 4 is 17.6 Å². The Balaban J connectivity index is 1.18. The molecule has 1 aliphatic rings. The van der Waals surface area contributed by atoms with Crippen LogP contribution < -0.4 is 14.8 Å². The zero-order valence-electron chi connectivity index (χ0n) is 31.4. The number of hydrogen-bond donors (Lipinski definition) is 3. The molecule has 3 N–H and O–H groups in total. The number of aliphatic carboxylic acids is 1. The lowest BCUT2D eigenvalue weighted by molar-refractivity contribution is -0.139. The molecule has 5 aromatic rings. The molecule has 1 saturated heterocycles. The predicted molar refractivity (Wildman–Crippen MR) is 215 cm³/mol. The number of halogens is 1. The van der Waals surface area contributed by atoms with Crippen LogP contribution in [0.1, 0.15) is 58.2 Å². The van der Waals surface area contributed by atoms with Crippen molar-refractivity contribution in [1.82, 2.24) is 15.2 Å². The van der Waals surface area contributed by atoms with Gasteiger partial charge in [-0.1, -0.05) is 72.3 Å². The van der Waals surface area contributed by atoms with Crippen LogP contribution in [-0.4, -0.2) is 58.3 Å². The Morgan fingerprint density at radius 2 is 1.60 bits per heavy atom. The first-order valence-corrected chi connectivity index (χ1v) is 19.1. The third-order valence-corrected chi connectivity index (χ3v) is 10.5. The van der Waals surface area contributed by atoms with Crippen molar-refractivity contribution in [2.24, 2.45) is 0 Å². The molecule has 4 aromatic carbocycles. The topological polar surface area (TPSA) is 128 Å². The van der Waals surface area contributed by atoms with Crippen LogP contribution in [0.5, 0.6) is 11.5 Å². The van der Waals surface area contributed by atoms with E-state index in [0.29, 0.717) is 33.2 Å².